The zero-order valence-electron chi connectivity index (χ0n) is 14.5. The summed E-state index contributed by atoms with van der Waals surface area (Å²) in [7, 11) is 0. The maximum atomic E-state index is 12.2. The normalized spacial score (nSPS) is 11.8. The molecule has 1 atom stereocenters. The van der Waals surface area contributed by atoms with Gasteiger partial charge < -0.3 is 15.4 Å². The summed E-state index contributed by atoms with van der Waals surface area (Å²) in [6.07, 6.45) is 0.818. The smallest absolute Gasteiger partial charge is 0.349 e. The summed E-state index contributed by atoms with van der Waals surface area (Å²) in [5, 5.41) is 6.21. The van der Waals surface area contributed by atoms with Gasteiger partial charge in [-0.1, -0.05) is 25.1 Å². The number of carbonyl (C=O) groups is 3. The second-order valence-electron chi connectivity index (χ2n) is 5.71. The highest BCUT2D eigenvalue weighted by Gasteiger charge is 2.19. The van der Waals surface area contributed by atoms with Gasteiger partial charge in [-0.15, -0.1) is 11.3 Å². The Hall–Kier alpha value is -2.41. The monoisotopic (exact) mass is 362 g/mol. The van der Waals surface area contributed by atoms with Crippen LogP contribution in [-0.2, 0) is 14.3 Å². The number of hydrogen-bond acceptors (Lipinski definition) is 5. The van der Waals surface area contributed by atoms with Crippen LogP contribution in [0.5, 0.6) is 0 Å². The number of nitrogens with one attached hydrogen (secondary N) is 2. The molecule has 6 nitrogen and oxygen atoms in total. The molecule has 7 heteroatoms. The van der Waals surface area contributed by atoms with E-state index in [0.717, 1.165) is 22.1 Å². The van der Waals surface area contributed by atoms with E-state index in [1.165, 1.54) is 11.3 Å². The van der Waals surface area contributed by atoms with E-state index in [1.54, 1.807) is 6.92 Å². The molecular weight excluding hydrogens is 340 g/mol. The first-order valence-electron chi connectivity index (χ1n) is 8.16. The van der Waals surface area contributed by atoms with Crippen molar-refractivity contribution in [1.29, 1.82) is 0 Å². The second kappa shape index (κ2) is 8.62. The molecule has 1 aromatic heterocycles. The number of ether oxygens (including phenoxy) is 1. The van der Waals surface area contributed by atoms with Crippen molar-refractivity contribution in [2.45, 2.75) is 33.2 Å². The van der Waals surface area contributed by atoms with Gasteiger partial charge in [-0.25, -0.2) is 4.79 Å². The second-order valence-corrected chi connectivity index (χ2v) is 6.76. The van der Waals surface area contributed by atoms with Crippen molar-refractivity contribution in [1.82, 2.24) is 10.6 Å². The highest BCUT2D eigenvalue weighted by atomic mass is 32.1. The van der Waals surface area contributed by atoms with E-state index in [-0.39, 0.29) is 5.91 Å². The lowest BCUT2D eigenvalue weighted by molar-refractivity contribution is -0.130. The molecule has 0 saturated carbocycles. The zero-order valence-corrected chi connectivity index (χ0v) is 15.4. The Kier molecular flexibility index (Phi) is 6.52. The molecule has 134 valence electrons. The third-order valence-electron chi connectivity index (χ3n) is 3.68. The van der Waals surface area contributed by atoms with Gasteiger partial charge in [0.15, 0.2) is 6.61 Å². The summed E-state index contributed by atoms with van der Waals surface area (Å²) in [5.41, 5.74) is 0.846. The molecule has 0 fully saturated rings. The number of hydrogen-bond donors (Lipinski definition) is 2. The third-order valence-corrected chi connectivity index (χ3v) is 4.94. The highest BCUT2D eigenvalue weighted by molar-refractivity contribution is 7.21. The Bertz CT molecular complexity index is 784. The molecule has 0 bridgehead atoms. The van der Waals surface area contributed by atoms with Crippen LogP contribution in [0.4, 0.5) is 0 Å². The number of benzene rings is 1. The molecule has 0 aliphatic carbocycles. The summed E-state index contributed by atoms with van der Waals surface area (Å²) >= 11 is 1.34. The van der Waals surface area contributed by atoms with Crippen molar-refractivity contribution in [3.8, 4) is 0 Å². The van der Waals surface area contributed by atoms with Gasteiger partial charge in [0.25, 0.3) is 5.91 Å². The maximum Gasteiger partial charge on any atom is 0.349 e. The summed E-state index contributed by atoms with van der Waals surface area (Å²) in [6, 6.07) is 7.03. The number of fused-ring (bicyclic) bond motifs is 1. The maximum absolute atomic E-state index is 12.2. The fraction of sp³-hybridized carbons (Fsp3) is 0.389. The molecule has 25 heavy (non-hydrogen) atoms. The summed E-state index contributed by atoms with van der Waals surface area (Å²) in [4.78, 5) is 36.3. The number of aryl methyl sites for hydroxylation is 1. The van der Waals surface area contributed by atoms with Crippen molar-refractivity contribution in [2.24, 2.45) is 0 Å². The molecule has 1 aromatic carbocycles. The molecule has 2 aromatic rings. The summed E-state index contributed by atoms with van der Waals surface area (Å²) in [5.74, 6) is -1.30. The van der Waals surface area contributed by atoms with Crippen LogP contribution in [-0.4, -0.2) is 37.0 Å². The zero-order chi connectivity index (χ0) is 18.4. The van der Waals surface area contributed by atoms with Crippen molar-refractivity contribution in [3.05, 3.63) is 34.7 Å². The van der Waals surface area contributed by atoms with Gasteiger partial charge in [0, 0.05) is 11.2 Å². The van der Waals surface area contributed by atoms with Crippen molar-refractivity contribution in [2.75, 3.05) is 13.2 Å². The molecule has 0 saturated heterocycles. The predicted octanol–water partition coefficient (Wildman–Crippen LogP) is 2.40. The average Bonchev–Trinajstić information content (AvgIpc) is 2.94. The van der Waals surface area contributed by atoms with Gasteiger partial charge in [0.2, 0.25) is 5.91 Å². The van der Waals surface area contributed by atoms with Crippen molar-refractivity contribution >= 4 is 39.2 Å². The van der Waals surface area contributed by atoms with Gasteiger partial charge in [-0.05, 0) is 37.3 Å². The first-order valence-corrected chi connectivity index (χ1v) is 8.98. The fourth-order valence-electron chi connectivity index (χ4n) is 2.32. The van der Waals surface area contributed by atoms with E-state index in [9.17, 15) is 14.4 Å². The molecule has 0 spiro atoms. The minimum atomic E-state index is -0.677. The van der Waals surface area contributed by atoms with Gasteiger partial charge in [-0.2, -0.15) is 0 Å². The molecule has 2 amide bonds. The van der Waals surface area contributed by atoms with Crippen LogP contribution in [0.15, 0.2) is 24.3 Å². The van der Waals surface area contributed by atoms with E-state index >= 15 is 0 Å². The summed E-state index contributed by atoms with van der Waals surface area (Å²) < 4.78 is 6.09. The third kappa shape index (κ3) is 4.79. The minimum Gasteiger partial charge on any atom is -0.451 e. The Morgan fingerprint density at radius 2 is 1.96 bits per heavy atom. The first kappa shape index (κ1) is 18.9. The Balaban J connectivity index is 1.89. The lowest BCUT2D eigenvalue weighted by atomic mass is 10.1. The van der Waals surface area contributed by atoms with E-state index < -0.39 is 24.5 Å². The van der Waals surface area contributed by atoms with E-state index in [1.807, 2.05) is 38.1 Å². The van der Waals surface area contributed by atoms with Gasteiger partial charge in [0.05, 0.1) is 0 Å². The molecule has 2 N–H and O–H groups in total. The SMILES string of the molecule is CCCNC(=O)[C@@H](C)NC(=O)COC(=O)c1sc2ccccc2c1C. The topological polar surface area (TPSA) is 84.5 Å². The molecule has 0 aliphatic heterocycles. The molecule has 0 aliphatic rings. The van der Waals surface area contributed by atoms with Crippen LogP contribution in [0.1, 0.15) is 35.5 Å². The molecule has 2 rings (SSSR count). The quantitative estimate of drug-likeness (QED) is 0.741. The number of rotatable bonds is 7. The van der Waals surface area contributed by atoms with Gasteiger partial charge in [0.1, 0.15) is 10.9 Å². The number of carbonyl (C=O) groups excluding carboxylic acids is 3. The van der Waals surface area contributed by atoms with Gasteiger partial charge in [-0.3, -0.25) is 9.59 Å². The number of thiophene rings is 1. The Morgan fingerprint density at radius 1 is 1.24 bits per heavy atom. The van der Waals surface area contributed by atoms with Crippen LogP contribution in [0.2, 0.25) is 0 Å². The largest absolute Gasteiger partial charge is 0.451 e. The van der Waals surface area contributed by atoms with Crippen LogP contribution in [0.3, 0.4) is 0 Å². The fourth-order valence-corrected chi connectivity index (χ4v) is 3.42. The molecular formula is C18H22N2O4S. The number of esters is 1. The Morgan fingerprint density at radius 3 is 2.64 bits per heavy atom. The standard InChI is InChI=1S/C18H22N2O4S/c1-4-9-19-17(22)12(3)20-15(21)10-24-18(23)16-11(2)13-7-5-6-8-14(13)25-16/h5-8,12H,4,9-10H2,1-3H3,(H,19,22)(H,20,21)/t12-/m1/s1. The van der Waals surface area contributed by atoms with Crippen LogP contribution < -0.4 is 10.6 Å². The average molecular weight is 362 g/mol. The number of amides is 2. The first-order chi connectivity index (χ1) is 11.9. The van der Waals surface area contributed by atoms with Gasteiger partial charge >= 0.3 is 5.97 Å². The van der Waals surface area contributed by atoms with Crippen LogP contribution in [0.25, 0.3) is 10.1 Å². The molecule has 1 heterocycles. The van der Waals surface area contributed by atoms with Crippen LogP contribution in [0, 0.1) is 6.92 Å². The van der Waals surface area contributed by atoms with Crippen LogP contribution >= 0.6 is 11.3 Å². The summed E-state index contributed by atoms with van der Waals surface area (Å²) in [6.45, 7) is 5.52. The molecule has 0 unspecified atom stereocenters. The van der Waals surface area contributed by atoms with E-state index in [2.05, 4.69) is 10.6 Å². The van der Waals surface area contributed by atoms with E-state index in [4.69, 9.17) is 4.74 Å². The highest BCUT2D eigenvalue weighted by Crippen LogP contribution is 2.30. The van der Waals surface area contributed by atoms with Crippen molar-refractivity contribution in [3.63, 3.8) is 0 Å². The Labute approximate surface area is 150 Å². The minimum absolute atomic E-state index is 0.262. The molecule has 0 radical (unpaired) electrons. The lowest BCUT2D eigenvalue weighted by Crippen LogP contribution is -2.46. The van der Waals surface area contributed by atoms with Crippen molar-refractivity contribution < 1.29 is 19.1 Å². The lowest BCUT2D eigenvalue weighted by Gasteiger charge is -2.13. The predicted molar refractivity (Wildman–Crippen MR) is 97.7 cm³/mol. The van der Waals surface area contributed by atoms with E-state index in [0.29, 0.717) is 11.4 Å².